The molecule has 0 atom stereocenters. The first kappa shape index (κ1) is 11.4. The summed E-state index contributed by atoms with van der Waals surface area (Å²) in [7, 11) is 0. The van der Waals surface area contributed by atoms with Crippen molar-refractivity contribution in [3.63, 3.8) is 0 Å². The molecule has 1 heterocycles. The minimum atomic E-state index is -0.445. The number of nitrogens with one attached hydrogen (secondary N) is 1. The van der Waals surface area contributed by atoms with Gasteiger partial charge in [-0.25, -0.2) is 9.37 Å². The van der Waals surface area contributed by atoms with Gasteiger partial charge in [-0.1, -0.05) is 6.07 Å². The zero-order valence-electron chi connectivity index (χ0n) is 9.76. The molecule has 3 rings (SSSR count). The van der Waals surface area contributed by atoms with Gasteiger partial charge < -0.3 is 9.73 Å². The molecular weight excluding hydrogens is 247 g/mol. The van der Waals surface area contributed by atoms with E-state index in [0.29, 0.717) is 16.8 Å². The van der Waals surface area contributed by atoms with Crippen LogP contribution in [0.2, 0.25) is 0 Å². The zero-order valence-corrected chi connectivity index (χ0v) is 9.76. The monoisotopic (exact) mass is 256 g/mol. The molecule has 5 heteroatoms. The highest BCUT2D eigenvalue weighted by molar-refractivity contribution is 6.04. The van der Waals surface area contributed by atoms with E-state index in [9.17, 15) is 9.18 Å². The van der Waals surface area contributed by atoms with Crippen LogP contribution in [0.5, 0.6) is 0 Å². The van der Waals surface area contributed by atoms with Crippen molar-refractivity contribution < 1.29 is 13.6 Å². The van der Waals surface area contributed by atoms with Crippen LogP contribution in [0.15, 0.2) is 53.3 Å². The minimum absolute atomic E-state index is 0.264. The molecule has 94 valence electrons. The first-order valence-corrected chi connectivity index (χ1v) is 5.62. The number of anilines is 1. The average Bonchev–Trinajstić information content (AvgIpc) is 2.86. The first-order chi connectivity index (χ1) is 9.22. The molecule has 1 N–H and O–H groups in total. The number of carbonyl (C=O) groups is 1. The lowest BCUT2D eigenvalue weighted by molar-refractivity contribution is 0.102. The van der Waals surface area contributed by atoms with Gasteiger partial charge in [-0.3, -0.25) is 4.79 Å². The number of benzene rings is 2. The number of halogens is 1. The van der Waals surface area contributed by atoms with Crippen molar-refractivity contribution in [2.75, 3.05) is 5.32 Å². The number of oxazole rings is 1. The number of aromatic nitrogens is 1. The van der Waals surface area contributed by atoms with E-state index < -0.39 is 5.82 Å². The van der Waals surface area contributed by atoms with Gasteiger partial charge in [0.05, 0.1) is 0 Å². The molecule has 0 aliphatic carbocycles. The Morgan fingerprint density at radius 1 is 1.21 bits per heavy atom. The van der Waals surface area contributed by atoms with E-state index >= 15 is 0 Å². The van der Waals surface area contributed by atoms with Crippen LogP contribution in [0.4, 0.5) is 10.1 Å². The molecule has 0 saturated carbocycles. The first-order valence-electron chi connectivity index (χ1n) is 5.62. The summed E-state index contributed by atoms with van der Waals surface area (Å²) in [5.41, 5.74) is 2.14. The van der Waals surface area contributed by atoms with Crippen molar-refractivity contribution >= 4 is 22.7 Å². The summed E-state index contributed by atoms with van der Waals surface area (Å²) in [6.07, 6.45) is 1.34. The third-order valence-electron chi connectivity index (χ3n) is 2.68. The standard InChI is InChI=1S/C14H9FN2O2/c15-10-3-1-2-9(6-10)14(18)17-11-4-5-13-12(7-11)16-8-19-13/h1-8H,(H,17,18). The van der Waals surface area contributed by atoms with Crippen LogP contribution in [0.3, 0.4) is 0 Å². The van der Waals surface area contributed by atoms with Crippen LogP contribution in [0.25, 0.3) is 11.1 Å². The SMILES string of the molecule is O=C(Nc1ccc2ocnc2c1)c1cccc(F)c1. The van der Waals surface area contributed by atoms with Crippen molar-refractivity contribution in [1.82, 2.24) is 4.98 Å². The predicted octanol–water partition coefficient (Wildman–Crippen LogP) is 3.22. The lowest BCUT2D eigenvalue weighted by Gasteiger charge is -2.04. The van der Waals surface area contributed by atoms with E-state index in [-0.39, 0.29) is 11.5 Å². The number of amides is 1. The molecule has 2 aromatic carbocycles. The highest BCUT2D eigenvalue weighted by atomic mass is 19.1. The van der Waals surface area contributed by atoms with Crippen molar-refractivity contribution in [2.24, 2.45) is 0 Å². The Hall–Kier alpha value is -2.69. The van der Waals surface area contributed by atoms with Crippen LogP contribution in [-0.2, 0) is 0 Å². The maximum atomic E-state index is 13.0. The lowest BCUT2D eigenvalue weighted by Crippen LogP contribution is -2.11. The van der Waals surface area contributed by atoms with Gasteiger partial charge in [0.25, 0.3) is 5.91 Å². The van der Waals surface area contributed by atoms with Gasteiger partial charge >= 0.3 is 0 Å². The fourth-order valence-electron chi connectivity index (χ4n) is 1.77. The van der Waals surface area contributed by atoms with E-state index in [2.05, 4.69) is 10.3 Å². The fourth-order valence-corrected chi connectivity index (χ4v) is 1.77. The van der Waals surface area contributed by atoms with E-state index in [0.717, 1.165) is 0 Å². The van der Waals surface area contributed by atoms with Crippen molar-refractivity contribution in [1.29, 1.82) is 0 Å². The van der Waals surface area contributed by atoms with E-state index in [1.54, 1.807) is 24.3 Å². The maximum Gasteiger partial charge on any atom is 0.255 e. The lowest BCUT2D eigenvalue weighted by atomic mass is 10.2. The Bertz CT molecular complexity index is 752. The molecule has 0 aliphatic heterocycles. The van der Waals surface area contributed by atoms with Crippen LogP contribution in [0, 0.1) is 5.82 Å². The second-order valence-corrected chi connectivity index (χ2v) is 4.00. The summed E-state index contributed by atoms with van der Waals surface area (Å²) >= 11 is 0. The second-order valence-electron chi connectivity index (χ2n) is 4.00. The van der Waals surface area contributed by atoms with Crippen LogP contribution >= 0.6 is 0 Å². The number of rotatable bonds is 2. The smallest absolute Gasteiger partial charge is 0.255 e. The molecule has 0 saturated heterocycles. The summed E-state index contributed by atoms with van der Waals surface area (Å²) in [4.78, 5) is 15.9. The molecule has 0 bridgehead atoms. The predicted molar refractivity (Wildman–Crippen MR) is 68.4 cm³/mol. The van der Waals surface area contributed by atoms with Gasteiger partial charge in [0, 0.05) is 11.3 Å². The molecule has 0 fully saturated rings. The molecule has 3 aromatic rings. The molecule has 0 radical (unpaired) electrons. The number of nitrogens with zero attached hydrogens (tertiary/aromatic N) is 1. The summed E-state index contributed by atoms with van der Waals surface area (Å²) in [6.45, 7) is 0. The molecule has 0 aliphatic rings. The Morgan fingerprint density at radius 2 is 2.11 bits per heavy atom. The second kappa shape index (κ2) is 4.53. The molecule has 1 aromatic heterocycles. The largest absolute Gasteiger partial charge is 0.443 e. The Kier molecular flexibility index (Phi) is 2.72. The minimum Gasteiger partial charge on any atom is -0.443 e. The van der Waals surface area contributed by atoms with Crippen LogP contribution < -0.4 is 5.32 Å². The van der Waals surface area contributed by atoms with Gasteiger partial charge in [0.15, 0.2) is 12.0 Å². The zero-order chi connectivity index (χ0) is 13.2. The number of hydrogen-bond donors (Lipinski definition) is 1. The number of hydrogen-bond acceptors (Lipinski definition) is 3. The summed E-state index contributed by atoms with van der Waals surface area (Å²) in [5, 5.41) is 2.68. The Morgan fingerprint density at radius 3 is 2.95 bits per heavy atom. The van der Waals surface area contributed by atoms with Crippen LogP contribution in [-0.4, -0.2) is 10.9 Å². The molecule has 1 amide bonds. The van der Waals surface area contributed by atoms with Crippen molar-refractivity contribution in [3.8, 4) is 0 Å². The average molecular weight is 256 g/mol. The van der Waals surface area contributed by atoms with Gasteiger partial charge in [-0.15, -0.1) is 0 Å². The van der Waals surface area contributed by atoms with Gasteiger partial charge in [0.2, 0.25) is 0 Å². The topological polar surface area (TPSA) is 55.1 Å². The highest BCUT2D eigenvalue weighted by Gasteiger charge is 2.08. The summed E-state index contributed by atoms with van der Waals surface area (Å²) < 4.78 is 18.1. The summed E-state index contributed by atoms with van der Waals surface area (Å²) in [6, 6.07) is 10.6. The maximum absolute atomic E-state index is 13.0. The molecule has 0 spiro atoms. The normalized spacial score (nSPS) is 10.6. The van der Waals surface area contributed by atoms with Gasteiger partial charge in [-0.05, 0) is 36.4 Å². The van der Waals surface area contributed by atoms with Gasteiger partial charge in [0.1, 0.15) is 11.3 Å². The van der Waals surface area contributed by atoms with Crippen LogP contribution in [0.1, 0.15) is 10.4 Å². The Balaban J connectivity index is 1.86. The Labute approximate surface area is 107 Å². The third-order valence-corrected chi connectivity index (χ3v) is 2.68. The van der Waals surface area contributed by atoms with Gasteiger partial charge in [-0.2, -0.15) is 0 Å². The van der Waals surface area contributed by atoms with E-state index in [1.807, 2.05) is 0 Å². The highest BCUT2D eigenvalue weighted by Crippen LogP contribution is 2.18. The van der Waals surface area contributed by atoms with E-state index in [4.69, 9.17) is 4.42 Å². The molecule has 19 heavy (non-hydrogen) atoms. The van der Waals surface area contributed by atoms with Crippen molar-refractivity contribution in [2.45, 2.75) is 0 Å². The number of carbonyl (C=O) groups excluding carboxylic acids is 1. The molecule has 4 nitrogen and oxygen atoms in total. The fraction of sp³-hybridized carbons (Fsp3) is 0. The van der Waals surface area contributed by atoms with E-state index in [1.165, 1.54) is 24.6 Å². The van der Waals surface area contributed by atoms with Crippen molar-refractivity contribution in [3.05, 3.63) is 60.2 Å². The third kappa shape index (κ3) is 2.30. The molecular formula is C14H9FN2O2. The quantitative estimate of drug-likeness (QED) is 0.765. The number of fused-ring (bicyclic) bond motifs is 1. The summed E-state index contributed by atoms with van der Waals surface area (Å²) in [5.74, 6) is -0.818. The molecule has 0 unspecified atom stereocenters.